The summed E-state index contributed by atoms with van der Waals surface area (Å²) in [5.41, 5.74) is 1.97. The number of carbonyl (C=O) groups excluding carboxylic acids is 2. The summed E-state index contributed by atoms with van der Waals surface area (Å²) in [5, 5.41) is 3.32. The van der Waals surface area contributed by atoms with Crippen molar-refractivity contribution >= 4 is 39.1 Å². The Kier molecular flexibility index (Phi) is 9.50. The normalized spacial score (nSPS) is 12.0. The van der Waals surface area contributed by atoms with Crippen LogP contribution >= 0.6 is 11.6 Å². The van der Waals surface area contributed by atoms with Gasteiger partial charge in [0.25, 0.3) is 0 Å². The maximum atomic E-state index is 13.8. The Bertz CT molecular complexity index is 1270. The molecule has 36 heavy (non-hydrogen) atoms. The van der Waals surface area contributed by atoms with Crippen molar-refractivity contribution in [2.45, 2.75) is 25.9 Å². The molecule has 0 spiro atoms. The zero-order valence-corrected chi connectivity index (χ0v) is 21.9. The lowest BCUT2D eigenvalue weighted by Gasteiger charge is -2.33. The van der Waals surface area contributed by atoms with Crippen LogP contribution in [-0.4, -0.2) is 50.5 Å². The van der Waals surface area contributed by atoms with Crippen molar-refractivity contribution in [3.8, 4) is 0 Å². The third-order valence-electron chi connectivity index (χ3n) is 5.59. The van der Waals surface area contributed by atoms with Crippen molar-refractivity contribution in [2.75, 3.05) is 23.7 Å². The highest BCUT2D eigenvalue weighted by atomic mass is 35.5. The number of carbonyl (C=O) groups is 2. The van der Waals surface area contributed by atoms with E-state index in [1.54, 1.807) is 55.5 Å². The van der Waals surface area contributed by atoms with Gasteiger partial charge in [-0.2, -0.15) is 0 Å². The Hall–Kier alpha value is -3.36. The lowest BCUT2D eigenvalue weighted by molar-refractivity contribution is -0.140. The topological polar surface area (TPSA) is 86.8 Å². The average molecular weight is 528 g/mol. The van der Waals surface area contributed by atoms with Crippen LogP contribution in [0.5, 0.6) is 0 Å². The van der Waals surface area contributed by atoms with Crippen LogP contribution in [0.4, 0.5) is 5.69 Å². The van der Waals surface area contributed by atoms with Crippen LogP contribution in [0.1, 0.15) is 18.1 Å². The summed E-state index contributed by atoms with van der Waals surface area (Å²) in [6, 6.07) is 24.0. The van der Waals surface area contributed by atoms with E-state index in [1.165, 1.54) is 4.90 Å². The molecular formula is C27H30ClN3O4S. The van der Waals surface area contributed by atoms with Crippen molar-refractivity contribution in [1.29, 1.82) is 0 Å². The van der Waals surface area contributed by atoms with Crippen LogP contribution in [0.2, 0.25) is 5.02 Å². The highest BCUT2D eigenvalue weighted by Gasteiger charge is 2.32. The van der Waals surface area contributed by atoms with Gasteiger partial charge in [0.2, 0.25) is 21.8 Å². The van der Waals surface area contributed by atoms with E-state index in [2.05, 4.69) is 5.32 Å². The monoisotopic (exact) mass is 527 g/mol. The number of nitrogens with one attached hydrogen (secondary N) is 1. The van der Waals surface area contributed by atoms with E-state index in [-0.39, 0.29) is 18.9 Å². The van der Waals surface area contributed by atoms with Gasteiger partial charge in [0.15, 0.2) is 0 Å². The summed E-state index contributed by atoms with van der Waals surface area (Å²) in [7, 11) is -3.78. The number of hydrogen-bond donors (Lipinski definition) is 1. The molecule has 0 heterocycles. The molecule has 3 rings (SSSR count). The second kappa shape index (κ2) is 12.6. The summed E-state index contributed by atoms with van der Waals surface area (Å²) in [4.78, 5) is 28.5. The summed E-state index contributed by atoms with van der Waals surface area (Å²) in [6.45, 7) is 1.83. The smallest absolute Gasteiger partial charge is 0.244 e. The summed E-state index contributed by atoms with van der Waals surface area (Å²) >= 11 is 6.18. The molecule has 0 radical (unpaired) electrons. The van der Waals surface area contributed by atoms with Crippen molar-refractivity contribution < 1.29 is 18.0 Å². The Morgan fingerprint density at radius 2 is 1.53 bits per heavy atom. The van der Waals surface area contributed by atoms with Crippen LogP contribution in [0.15, 0.2) is 84.9 Å². The molecule has 0 aromatic heterocycles. The third-order valence-corrected chi connectivity index (χ3v) is 6.96. The van der Waals surface area contributed by atoms with E-state index in [4.69, 9.17) is 11.6 Å². The number of hydrogen-bond acceptors (Lipinski definition) is 4. The first kappa shape index (κ1) is 27.2. The van der Waals surface area contributed by atoms with E-state index < -0.39 is 28.5 Å². The lowest BCUT2D eigenvalue weighted by atomic mass is 10.0. The zero-order valence-electron chi connectivity index (χ0n) is 20.3. The van der Waals surface area contributed by atoms with Crippen LogP contribution in [0.3, 0.4) is 0 Å². The minimum atomic E-state index is -3.78. The maximum Gasteiger partial charge on any atom is 0.244 e. The van der Waals surface area contributed by atoms with Crippen LogP contribution in [0, 0.1) is 0 Å². The van der Waals surface area contributed by atoms with Gasteiger partial charge in [-0.15, -0.1) is 0 Å². The molecule has 9 heteroatoms. The molecule has 3 aromatic rings. The fourth-order valence-electron chi connectivity index (χ4n) is 3.89. The number of benzene rings is 3. The summed E-state index contributed by atoms with van der Waals surface area (Å²) < 4.78 is 26.4. The summed E-state index contributed by atoms with van der Waals surface area (Å²) in [6.07, 6.45) is 1.32. The molecule has 0 aliphatic carbocycles. The molecule has 0 saturated carbocycles. The minimum absolute atomic E-state index is 0.0837. The van der Waals surface area contributed by atoms with E-state index in [9.17, 15) is 18.0 Å². The van der Waals surface area contributed by atoms with Gasteiger partial charge < -0.3 is 10.2 Å². The van der Waals surface area contributed by atoms with Crippen LogP contribution in [0.25, 0.3) is 0 Å². The molecule has 0 fully saturated rings. The zero-order chi connectivity index (χ0) is 26.1. The molecule has 1 N–H and O–H groups in total. The summed E-state index contributed by atoms with van der Waals surface area (Å²) in [5.74, 6) is -0.821. The standard InChI is InChI=1S/C27H30ClN3O4S/c1-3-29-27(33)25(18-21-11-6-4-7-12-21)30(19-22-13-10-14-23(28)17-22)26(32)20-31(36(2,34)35)24-15-8-5-9-16-24/h4-17,25H,3,18-20H2,1-2H3,(H,29,33)/t25-/m1/s1. The molecule has 3 aromatic carbocycles. The number of likely N-dealkylation sites (N-methyl/N-ethyl adjacent to an activating group) is 1. The molecule has 0 bridgehead atoms. The van der Waals surface area contributed by atoms with Gasteiger partial charge >= 0.3 is 0 Å². The first-order chi connectivity index (χ1) is 17.2. The minimum Gasteiger partial charge on any atom is -0.355 e. The van der Waals surface area contributed by atoms with Crippen LogP contribution in [-0.2, 0) is 32.6 Å². The molecule has 0 unspecified atom stereocenters. The highest BCUT2D eigenvalue weighted by molar-refractivity contribution is 7.92. The Balaban J connectivity index is 2.02. The maximum absolute atomic E-state index is 13.8. The third kappa shape index (κ3) is 7.57. The van der Waals surface area contributed by atoms with E-state index >= 15 is 0 Å². The molecule has 190 valence electrons. The van der Waals surface area contributed by atoms with Crippen LogP contribution < -0.4 is 9.62 Å². The SMILES string of the molecule is CCNC(=O)[C@@H](Cc1ccccc1)N(Cc1cccc(Cl)c1)C(=O)CN(c1ccccc1)S(C)(=O)=O. The van der Waals surface area contributed by atoms with Gasteiger partial charge in [0, 0.05) is 24.5 Å². The van der Waals surface area contributed by atoms with Crippen molar-refractivity contribution in [3.05, 3.63) is 101 Å². The van der Waals surface area contributed by atoms with Crippen molar-refractivity contribution in [1.82, 2.24) is 10.2 Å². The predicted octanol–water partition coefficient (Wildman–Crippen LogP) is 3.88. The Morgan fingerprint density at radius 1 is 0.917 bits per heavy atom. The second-order valence-corrected chi connectivity index (χ2v) is 10.7. The van der Waals surface area contributed by atoms with Gasteiger partial charge in [-0.05, 0) is 42.3 Å². The molecule has 0 aliphatic rings. The first-order valence-electron chi connectivity index (χ1n) is 11.6. The second-order valence-electron chi connectivity index (χ2n) is 8.36. The van der Waals surface area contributed by atoms with Gasteiger partial charge in [-0.3, -0.25) is 13.9 Å². The van der Waals surface area contributed by atoms with Gasteiger partial charge in [-0.25, -0.2) is 8.42 Å². The average Bonchev–Trinajstić information content (AvgIpc) is 2.85. The highest BCUT2D eigenvalue weighted by Crippen LogP contribution is 2.21. The molecular weight excluding hydrogens is 498 g/mol. The fraction of sp³-hybridized carbons (Fsp3) is 0.259. The van der Waals surface area contributed by atoms with Gasteiger partial charge in [0.05, 0.1) is 11.9 Å². The number of anilines is 1. The van der Waals surface area contributed by atoms with E-state index in [0.717, 1.165) is 21.7 Å². The largest absolute Gasteiger partial charge is 0.355 e. The Morgan fingerprint density at radius 3 is 2.11 bits per heavy atom. The fourth-order valence-corrected chi connectivity index (χ4v) is 4.95. The first-order valence-corrected chi connectivity index (χ1v) is 13.8. The number of rotatable bonds is 11. The molecule has 0 aliphatic heterocycles. The van der Waals surface area contributed by atoms with Crippen molar-refractivity contribution in [3.63, 3.8) is 0 Å². The van der Waals surface area contributed by atoms with E-state index in [0.29, 0.717) is 17.3 Å². The number of nitrogens with zero attached hydrogens (tertiary/aromatic N) is 2. The van der Waals surface area contributed by atoms with E-state index in [1.807, 2.05) is 36.4 Å². The quantitative estimate of drug-likeness (QED) is 0.410. The number of para-hydroxylation sites is 1. The van der Waals surface area contributed by atoms with Crippen molar-refractivity contribution in [2.24, 2.45) is 0 Å². The lowest BCUT2D eigenvalue weighted by Crippen LogP contribution is -2.53. The molecule has 1 atom stereocenters. The molecule has 2 amide bonds. The van der Waals surface area contributed by atoms with Gasteiger partial charge in [0.1, 0.15) is 12.6 Å². The molecule has 0 saturated heterocycles. The Labute approximate surface area is 217 Å². The van der Waals surface area contributed by atoms with Gasteiger partial charge in [-0.1, -0.05) is 72.3 Å². The number of amides is 2. The predicted molar refractivity (Wildman–Crippen MR) is 143 cm³/mol. The number of halogens is 1. The number of sulfonamides is 1. The molecule has 7 nitrogen and oxygen atoms in total.